The fourth-order valence-corrected chi connectivity index (χ4v) is 3.34. The Morgan fingerprint density at radius 2 is 1.86 bits per heavy atom. The average Bonchev–Trinajstić information content (AvgIpc) is 3.42. The third-order valence-electron chi connectivity index (χ3n) is 4.66. The molecule has 12 nitrogen and oxygen atoms in total. The van der Waals surface area contributed by atoms with E-state index in [1.807, 2.05) is 0 Å². The minimum Gasteiger partial charge on any atom is -0.475 e. The fraction of sp³-hybridized carbons (Fsp3) is 0.333. The number of piperidine rings is 1. The third kappa shape index (κ3) is 6.30. The molecule has 3 N–H and O–H groups in total. The highest BCUT2D eigenvalue weighted by Gasteiger charge is 2.38. The first-order valence-electron chi connectivity index (χ1n) is 9.67. The first kappa shape index (κ1) is 26.0. The summed E-state index contributed by atoms with van der Waals surface area (Å²) in [5.41, 5.74) is 0.307. The Labute approximate surface area is 200 Å². The van der Waals surface area contributed by atoms with Crippen LogP contribution in [0.4, 0.5) is 23.4 Å². The van der Waals surface area contributed by atoms with Crippen molar-refractivity contribution in [3.8, 4) is 17.2 Å². The summed E-state index contributed by atoms with van der Waals surface area (Å²) < 4.78 is 56.0. The Hall–Kier alpha value is -3.60. The molecule has 3 heterocycles. The molecule has 1 amide bonds. The summed E-state index contributed by atoms with van der Waals surface area (Å²) in [5.74, 6) is -4.47. The average molecular weight is 567 g/mol. The Bertz CT molecular complexity index is 1270. The summed E-state index contributed by atoms with van der Waals surface area (Å²) in [7, 11) is 0. The molecule has 1 aromatic carbocycles. The number of benzene rings is 1. The summed E-state index contributed by atoms with van der Waals surface area (Å²) in [6.45, 7) is 1.51. The van der Waals surface area contributed by atoms with Gasteiger partial charge >= 0.3 is 17.9 Å². The van der Waals surface area contributed by atoms with Gasteiger partial charge in [0, 0.05) is 5.92 Å². The number of rotatable bonds is 4. The molecule has 1 saturated heterocycles. The third-order valence-corrected chi connectivity index (χ3v) is 5.27. The number of carboxylic acids is 1. The normalized spacial score (nSPS) is 14.2. The fourth-order valence-electron chi connectivity index (χ4n) is 2.97. The van der Waals surface area contributed by atoms with Gasteiger partial charge in [0.05, 0.1) is 10.2 Å². The molecule has 0 spiro atoms. The number of amides is 1. The van der Waals surface area contributed by atoms with Gasteiger partial charge in [0.25, 0.3) is 0 Å². The van der Waals surface area contributed by atoms with Gasteiger partial charge in [-0.05, 0) is 70.4 Å². The van der Waals surface area contributed by atoms with Crippen molar-refractivity contribution in [2.24, 2.45) is 5.92 Å². The molecule has 0 aliphatic carbocycles. The van der Waals surface area contributed by atoms with Gasteiger partial charge in [0.15, 0.2) is 5.69 Å². The van der Waals surface area contributed by atoms with Gasteiger partial charge in [0.1, 0.15) is 5.82 Å². The number of hydrogen-bond donors (Lipinski definition) is 3. The molecule has 1 aliphatic heterocycles. The molecular weight excluding hydrogens is 552 g/mol. The lowest BCUT2D eigenvalue weighted by Gasteiger charge is -2.21. The van der Waals surface area contributed by atoms with Crippen molar-refractivity contribution >= 4 is 33.6 Å². The molecule has 35 heavy (non-hydrogen) atoms. The van der Waals surface area contributed by atoms with Gasteiger partial charge < -0.3 is 15.7 Å². The smallest absolute Gasteiger partial charge is 0.475 e. The van der Waals surface area contributed by atoms with E-state index in [4.69, 9.17) is 19.1 Å². The Morgan fingerprint density at radius 1 is 1.20 bits per heavy atom. The molecule has 1 fully saturated rings. The quantitative estimate of drug-likeness (QED) is 0.399. The van der Waals surface area contributed by atoms with E-state index in [0.29, 0.717) is 12.8 Å². The number of carboxylic acid groups (broad SMARTS) is 1. The van der Waals surface area contributed by atoms with E-state index in [2.05, 4.69) is 42.0 Å². The van der Waals surface area contributed by atoms with Crippen LogP contribution in [0.3, 0.4) is 0 Å². The van der Waals surface area contributed by atoms with Crippen LogP contribution in [0.25, 0.3) is 17.2 Å². The van der Waals surface area contributed by atoms with Crippen LogP contribution < -0.4 is 16.4 Å². The van der Waals surface area contributed by atoms with Crippen LogP contribution >= 0.6 is 15.9 Å². The molecular formula is C18H15BrF4N6O6. The Morgan fingerprint density at radius 3 is 2.46 bits per heavy atom. The van der Waals surface area contributed by atoms with Gasteiger partial charge in [-0.25, -0.2) is 23.2 Å². The number of hydrogen-bond acceptors (Lipinski definition) is 9. The minimum absolute atomic E-state index is 0.0201. The maximum atomic E-state index is 13.5. The predicted molar refractivity (Wildman–Crippen MR) is 111 cm³/mol. The number of nitrogens with one attached hydrogen (secondary N) is 2. The van der Waals surface area contributed by atoms with Crippen LogP contribution in [-0.2, 0) is 9.59 Å². The lowest BCUT2D eigenvalue weighted by molar-refractivity contribution is -0.192. The van der Waals surface area contributed by atoms with Gasteiger partial charge in [-0.2, -0.15) is 13.2 Å². The van der Waals surface area contributed by atoms with Crippen molar-refractivity contribution in [1.29, 1.82) is 0 Å². The molecule has 0 bridgehead atoms. The van der Waals surface area contributed by atoms with Gasteiger partial charge in [-0.15, -0.1) is 0 Å². The minimum atomic E-state index is -5.08. The van der Waals surface area contributed by atoms with Crippen molar-refractivity contribution in [1.82, 2.24) is 25.4 Å². The molecule has 3 aromatic rings. The zero-order chi connectivity index (χ0) is 25.8. The first-order chi connectivity index (χ1) is 16.5. The van der Waals surface area contributed by atoms with Gasteiger partial charge in [-0.3, -0.25) is 9.32 Å². The zero-order valence-corrected chi connectivity index (χ0v) is 18.9. The molecule has 0 saturated carbocycles. The molecule has 188 valence electrons. The summed E-state index contributed by atoms with van der Waals surface area (Å²) in [6, 6.07) is 3.95. The number of nitrogens with zero attached hydrogens (tertiary/aromatic N) is 4. The van der Waals surface area contributed by atoms with Crippen LogP contribution in [0.1, 0.15) is 12.8 Å². The Balaban J connectivity index is 0.000000429. The maximum absolute atomic E-state index is 13.5. The summed E-state index contributed by atoms with van der Waals surface area (Å²) >= 11 is 3.07. The largest absolute Gasteiger partial charge is 0.490 e. The second kappa shape index (κ2) is 10.8. The zero-order valence-electron chi connectivity index (χ0n) is 17.3. The number of carbonyl (C=O) groups excluding carboxylic acids is 1. The highest BCUT2D eigenvalue weighted by molar-refractivity contribution is 9.10. The number of aromatic nitrogens is 4. The van der Waals surface area contributed by atoms with Crippen molar-refractivity contribution in [3.63, 3.8) is 0 Å². The van der Waals surface area contributed by atoms with Crippen LogP contribution in [0, 0.1) is 11.7 Å². The summed E-state index contributed by atoms with van der Waals surface area (Å²) in [5, 5.41) is 24.1. The number of alkyl halides is 3. The van der Waals surface area contributed by atoms with Crippen molar-refractivity contribution in [2.45, 2.75) is 19.0 Å². The highest BCUT2D eigenvalue weighted by atomic mass is 79.9. The standard InChI is InChI=1S/C16H14BrFN6O4.C2HF3O2/c17-10-7-9(1-2-11(10)18)24-14(23-27-16(24)26)12-13(22-28-21-12)20-15(25)8-3-5-19-6-4-8;3-2(4,5)1(6)7/h1-2,7-8,19H,3-6H2,(H,20,22,25);(H,6,7). The van der Waals surface area contributed by atoms with E-state index in [-0.39, 0.29) is 39.3 Å². The monoisotopic (exact) mass is 566 g/mol. The van der Waals surface area contributed by atoms with Crippen molar-refractivity contribution in [3.05, 3.63) is 39.0 Å². The molecule has 0 radical (unpaired) electrons. The Kier molecular flexibility index (Phi) is 8.00. The molecule has 0 atom stereocenters. The number of halogens is 5. The van der Waals surface area contributed by atoms with Crippen LogP contribution in [-0.4, -0.2) is 56.3 Å². The second-order valence-corrected chi connectivity index (χ2v) is 7.84. The lowest BCUT2D eigenvalue weighted by Crippen LogP contribution is -2.34. The second-order valence-electron chi connectivity index (χ2n) is 6.98. The number of anilines is 1. The van der Waals surface area contributed by atoms with Crippen LogP contribution in [0.2, 0.25) is 0 Å². The van der Waals surface area contributed by atoms with E-state index in [0.717, 1.165) is 17.7 Å². The maximum Gasteiger partial charge on any atom is 0.490 e. The van der Waals surface area contributed by atoms with Crippen LogP contribution in [0.15, 0.2) is 36.6 Å². The van der Waals surface area contributed by atoms with Crippen LogP contribution in [0.5, 0.6) is 0 Å². The number of carbonyl (C=O) groups is 2. The lowest BCUT2D eigenvalue weighted by atomic mass is 9.97. The summed E-state index contributed by atoms with van der Waals surface area (Å²) in [6.07, 6.45) is -3.69. The van der Waals surface area contributed by atoms with E-state index in [9.17, 15) is 27.2 Å². The topological polar surface area (TPSA) is 165 Å². The van der Waals surface area contributed by atoms with E-state index in [1.165, 1.54) is 18.2 Å². The van der Waals surface area contributed by atoms with Crippen molar-refractivity contribution in [2.75, 3.05) is 18.4 Å². The predicted octanol–water partition coefficient (Wildman–Crippen LogP) is 2.35. The van der Waals surface area contributed by atoms with E-state index in [1.54, 1.807) is 0 Å². The van der Waals surface area contributed by atoms with Crippen molar-refractivity contribution < 1.29 is 41.4 Å². The molecule has 1 aliphatic rings. The molecule has 0 unspecified atom stereocenters. The highest BCUT2D eigenvalue weighted by Crippen LogP contribution is 2.27. The SMILES string of the molecule is O=C(Nc1nonc1-c1noc(=O)n1-c1ccc(F)c(Br)c1)C1CCNCC1.O=C(O)C(F)(F)F. The molecule has 2 aromatic heterocycles. The van der Waals surface area contributed by atoms with E-state index < -0.39 is 23.7 Å². The van der Waals surface area contributed by atoms with Gasteiger partial charge in [-0.1, -0.05) is 5.16 Å². The molecule has 17 heteroatoms. The van der Waals surface area contributed by atoms with Gasteiger partial charge in [0.2, 0.25) is 17.5 Å². The first-order valence-corrected chi connectivity index (χ1v) is 10.5. The van der Waals surface area contributed by atoms with E-state index >= 15 is 0 Å². The number of aliphatic carboxylic acids is 1. The molecule has 4 rings (SSSR count). The summed E-state index contributed by atoms with van der Waals surface area (Å²) in [4.78, 5) is 33.5.